The summed E-state index contributed by atoms with van der Waals surface area (Å²) in [5.41, 5.74) is 0.929. The van der Waals surface area contributed by atoms with Crippen LogP contribution in [0.15, 0.2) is 18.2 Å². The molecule has 0 amide bonds. The first-order chi connectivity index (χ1) is 8.08. The van der Waals surface area contributed by atoms with E-state index in [0.717, 1.165) is 0 Å². The minimum absolute atomic E-state index is 0.313. The lowest BCUT2D eigenvalue weighted by Crippen LogP contribution is -2.09. The molecule has 86 valence electrons. The lowest BCUT2D eigenvalue weighted by Gasteiger charge is -2.14. The van der Waals surface area contributed by atoms with Crippen LogP contribution in [0.4, 0.5) is 0 Å². The van der Waals surface area contributed by atoms with Crippen LogP contribution < -0.4 is 0 Å². The predicted octanol–water partition coefficient (Wildman–Crippen LogP) is 2.73. The summed E-state index contributed by atoms with van der Waals surface area (Å²) >= 11 is 5.81. The Morgan fingerprint density at radius 1 is 1.53 bits per heavy atom. The highest BCUT2D eigenvalue weighted by molar-refractivity contribution is 6.30. The van der Waals surface area contributed by atoms with Crippen molar-refractivity contribution in [2.24, 2.45) is 0 Å². The molecule has 0 heterocycles. The van der Waals surface area contributed by atoms with Gasteiger partial charge in [0, 0.05) is 10.6 Å². The van der Waals surface area contributed by atoms with E-state index in [2.05, 4.69) is 0 Å². The van der Waals surface area contributed by atoms with Crippen molar-refractivity contribution in [3.05, 3.63) is 34.3 Å². The molecule has 0 bridgehead atoms. The molecule has 0 spiro atoms. The quantitative estimate of drug-likeness (QED) is 0.771. The molecule has 0 saturated carbocycles. The standard InChI is InChI=1S/C12H9ClN2O2/c1-8(17-12(16)4-5-14)11-6-10(13)3-2-9(11)7-15/h2-3,6,8H,4H2,1H3. The van der Waals surface area contributed by atoms with E-state index in [1.807, 2.05) is 6.07 Å². The fourth-order valence-electron chi connectivity index (χ4n) is 1.34. The summed E-state index contributed by atoms with van der Waals surface area (Å²) in [4.78, 5) is 11.2. The molecule has 1 rings (SSSR count). The van der Waals surface area contributed by atoms with Crippen LogP contribution >= 0.6 is 11.6 Å². The van der Waals surface area contributed by atoms with E-state index in [4.69, 9.17) is 26.9 Å². The van der Waals surface area contributed by atoms with Crippen molar-refractivity contribution < 1.29 is 9.53 Å². The van der Waals surface area contributed by atoms with Gasteiger partial charge in [0.1, 0.15) is 12.5 Å². The van der Waals surface area contributed by atoms with Crippen LogP contribution in [0.25, 0.3) is 0 Å². The number of esters is 1. The predicted molar refractivity (Wildman–Crippen MR) is 60.9 cm³/mol. The largest absolute Gasteiger partial charge is 0.457 e. The minimum Gasteiger partial charge on any atom is -0.457 e. The van der Waals surface area contributed by atoms with Crippen LogP contribution in [0, 0.1) is 22.7 Å². The Morgan fingerprint density at radius 3 is 2.82 bits per heavy atom. The third-order valence-electron chi connectivity index (χ3n) is 2.10. The molecule has 0 radical (unpaired) electrons. The van der Waals surface area contributed by atoms with E-state index in [0.29, 0.717) is 16.1 Å². The summed E-state index contributed by atoms with van der Waals surface area (Å²) in [6, 6.07) is 8.42. The van der Waals surface area contributed by atoms with E-state index < -0.39 is 12.1 Å². The second kappa shape index (κ2) is 5.89. The number of hydrogen-bond donors (Lipinski definition) is 0. The van der Waals surface area contributed by atoms with E-state index in [1.165, 1.54) is 0 Å². The number of halogens is 1. The van der Waals surface area contributed by atoms with Gasteiger partial charge in [-0.3, -0.25) is 4.79 Å². The Labute approximate surface area is 104 Å². The molecule has 1 unspecified atom stereocenters. The Bertz CT molecular complexity index is 514. The average Bonchev–Trinajstić information content (AvgIpc) is 2.29. The van der Waals surface area contributed by atoms with Crippen molar-refractivity contribution in [1.29, 1.82) is 10.5 Å². The summed E-state index contributed by atoms with van der Waals surface area (Å²) in [5.74, 6) is -0.621. The van der Waals surface area contributed by atoms with Gasteiger partial charge in [-0.15, -0.1) is 0 Å². The smallest absolute Gasteiger partial charge is 0.320 e. The molecule has 1 aromatic rings. The maximum Gasteiger partial charge on any atom is 0.320 e. The number of benzene rings is 1. The second-order valence-electron chi connectivity index (χ2n) is 3.31. The Hall–Kier alpha value is -2.04. The van der Waals surface area contributed by atoms with Gasteiger partial charge in [0.05, 0.1) is 17.7 Å². The Kier molecular flexibility index (Phi) is 4.51. The zero-order valence-corrected chi connectivity index (χ0v) is 9.86. The maximum atomic E-state index is 11.2. The first-order valence-electron chi connectivity index (χ1n) is 4.84. The monoisotopic (exact) mass is 248 g/mol. The number of carbonyl (C=O) groups is 1. The molecule has 0 saturated heterocycles. The highest BCUT2D eigenvalue weighted by Gasteiger charge is 2.15. The number of hydrogen-bond acceptors (Lipinski definition) is 4. The van der Waals surface area contributed by atoms with E-state index in [1.54, 1.807) is 31.2 Å². The molecule has 17 heavy (non-hydrogen) atoms. The molecule has 0 aliphatic carbocycles. The summed E-state index contributed by atoms with van der Waals surface area (Å²) in [6.07, 6.45) is -0.920. The average molecular weight is 249 g/mol. The van der Waals surface area contributed by atoms with Gasteiger partial charge >= 0.3 is 5.97 Å². The van der Waals surface area contributed by atoms with E-state index in [-0.39, 0.29) is 6.42 Å². The third-order valence-corrected chi connectivity index (χ3v) is 2.34. The first kappa shape index (κ1) is 13.0. The number of nitriles is 2. The third kappa shape index (κ3) is 3.48. The van der Waals surface area contributed by atoms with Crippen LogP contribution in [-0.4, -0.2) is 5.97 Å². The lowest BCUT2D eigenvalue weighted by atomic mass is 10.0. The molecule has 0 fully saturated rings. The van der Waals surface area contributed by atoms with Gasteiger partial charge < -0.3 is 4.74 Å². The van der Waals surface area contributed by atoms with Crippen LogP contribution in [0.5, 0.6) is 0 Å². The maximum absolute atomic E-state index is 11.2. The zero-order valence-electron chi connectivity index (χ0n) is 9.11. The van der Waals surface area contributed by atoms with Crippen molar-refractivity contribution >= 4 is 17.6 Å². The van der Waals surface area contributed by atoms with Crippen LogP contribution in [-0.2, 0) is 9.53 Å². The van der Waals surface area contributed by atoms with E-state index in [9.17, 15) is 4.79 Å². The molecular formula is C12H9ClN2O2. The van der Waals surface area contributed by atoms with Gasteiger partial charge in [-0.1, -0.05) is 11.6 Å². The topological polar surface area (TPSA) is 73.9 Å². The molecule has 5 heteroatoms. The van der Waals surface area contributed by atoms with Gasteiger partial charge in [0.25, 0.3) is 0 Å². The molecule has 0 aliphatic heterocycles. The Balaban J connectivity index is 2.93. The Morgan fingerprint density at radius 2 is 2.24 bits per heavy atom. The molecule has 4 nitrogen and oxygen atoms in total. The summed E-state index contributed by atoms with van der Waals surface area (Å²) in [5, 5.41) is 17.7. The number of carbonyl (C=O) groups excluding carboxylic acids is 1. The normalized spacial score (nSPS) is 11.1. The molecule has 0 N–H and O–H groups in total. The van der Waals surface area contributed by atoms with Crippen molar-refractivity contribution in [3.63, 3.8) is 0 Å². The SMILES string of the molecule is CC(OC(=O)CC#N)c1cc(Cl)ccc1C#N. The molecule has 1 aromatic carbocycles. The van der Waals surface area contributed by atoms with E-state index >= 15 is 0 Å². The van der Waals surface area contributed by atoms with Crippen molar-refractivity contribution in [3.8, 4) is 12.1 Å². The van der Waals surface area contributed by atoms with Crippen LogP contribution in [0.3, 0.4) is 0 Å². The summed E-state index contributed by atoms with van der Waals surface area (Å²) < 4.78 is 5.00. The van der Waals surface area contributed by atoms with Crippen molar-refractivity contribution in [2.75, 3.05) is 0 Å². The van der Waals surface area contributed by atoms with Gasteiger partial charge in [-0.05, 0) is 25.1 Å². The van der Waals surface area contributed by atoms with Gasteiger partial charge in [-0.25, -0.2) is 0 Å². The fraction of sp³-hybridized carbons (Fsp3) is 0.250. The summed E-state index contributed by atoms with van der Waals surface area (Å²) in [6.45, 7) is 1.63. The molecule has 0 aromatic heterocycles. The first-order valence-corrected chi connectivity index (χ1v) is 5.22. The number of rotatable bonds is 3. The van der Waals surface area contributed by atoms with Gasteiger partial charge in [0.15, 0.2) is 0 Å². The van der Waals surface area contributed by atoms with Gasteiger partial charge in [0.2, 0.25) is 0 Å². The van der Waals surface area contributed by atoms with Crippen molar-refractivity contribution in [2.45, 2.75) is 19.4 Å². The minimum atomic E-state index is -0.621. The van der Waals surface area contributed by atoms with Gasteiger partial charge in [-0.2, -0.15) is 10.5 Å². The highest BCUT2D eigenvalue weighted by atomic mass is 35.5. The lowest BCUT2D eigenvalue weighted by molar-refractivity contribution is -0.147. The number of ether oxygens (including phenoxy) is 1. The zero-order chi connectivity index (χ0) is 12.8. The fourth-order valence-corrected chi connectivity index (χ4v) is 1.52. The van der Waals surface area contributed by atoms with Crippen molar-refractivity contribution in [1.82, 2.24) is 0 Å². The molecule has 0 aliphatic rings. The summed E-state index contributed by atoms with van der Waals surface area (Å²) in [7, 11) is 0. The molecular weight excluding hydrogens is 240 g/mol. The van der Waals surface area contributed by atoms with Crippen LogP contribution in [0.2, 0.25) is 5.02 Å². The molecule has 1 atom stereocenters. The number of nitrogens with zero attached hydrogens (tertiary/aromatic N) is 2. The second-order valence-corrected chi connectivity index (χ2v) is 3.75. The van der Waals surface area contributed by atoms with Crippen LogP contribution in [0.1, 0.15) is 30.6 Å². The highest BCUT2D eigenvalue weighted by Crippen LogP contribution is 2.24.